The molecule has 0 bridgehead atoms. The highest BCUT2D eigenvalue weighted by Gasteiger charge is 2.26. The van der Waals surface area contributed by atoms with Gasteiger partial charge in [-0.05, 0) is 18.8 Å². The predicted molar refractivity (Wildman–Crippen MR) is 69.6 cm³/mol. The first-order valence-electron chi connectivity index (χ1n) is 6.26. The van der Waals surface area contributed by atoms with Crippen molar-refractivity contribution in [3.05, 3.63) is 0 Å². The Morgan fingerprint density at radius 1 is 1.47 bits per heavy atom. The quantitative estimate of drug-likeness (QED) is 0.736. The van der Waals surface area contributed by atoms with E-state index >= 15 is 0 Å². The molecule has 1 heterocycles. The number of carboxylic acid groups (broad SMARTS) is 1. The summed E-state index contributed by atoms with van der Waals surface area (Å²) in [6.45, 7) is 1.59. The number of amides is 2. The fourth-order valence-corrected chi connectivity index (χ4v) is 2.19. The van der Waals surface area contributed by atoms with Crippen LogP contribution in [0.3, 0.4) is 0 Å². The summed E-state index contributed by atoms with van der Waals surface area (Å²) in [7, 11) is 1.67. The van der Waals surface area contributed by atoms with Crippen LogP contribution >= 0.6 is 0 Å². The molecule has 0 aromatic heterocycles. The van der Waals surface area contributed by atoms with Gasteiger partial charge in [0.1, 0.15) is 6.54 Å². The Kier molecular flexibility index (Phi) is 6.16. The lowest BCUT2D eigenvalue weighted by Crippen LogP contribution is -2.48. The highest BCUT2D eigenvalue weighted by Crippen LogP contribution is 2.18. The Balaban J connectivity index is 2.52. The second-order valence-electron chi connectivity index (χ2n) is 4.62. The topological polar surface area (TPSA) is 70.1 Å². The van der Waals surface area contributed by atoms with Gasteiger partial charge in [-0.2, -0.15) is 0 Å². The number of carbonyl (C=O) groups excluding carboxylic acids is 1. The lowest BCUT2D eigenvalue weighted by Gasteiger charge is -2.34. The van der Waals surface area contributed by atoms with Crippen LogP contribution in [0.1, 0.15) is 12.8 Å². The molecule has 6 heteroatoms. The summed E-state index contributed by atoms with van der Waals surface area (Å²) >= 11 is 0. The van der Waals surface area contributed by atoms with Gasteiger partial charge in [0.15, 0.2) is 0 Å². The van der Waals surface area contributed by atoms with Gasteiger partial charge in [-0.1, -0.05) is 5.92 Å². The Morgan fingerprint density at radius 2 is 2.11 bits per heavy atom. The zero-order chi connectivity index (χ0) is 14.3. The third-order valence-electron chi connectivity index (χ3n) is 3.17. The van der Waals surface area contributed by atoms with E-state index in [1.807, 2.05) is 0 Å². The van der Waals surface area contributed by atoms with Crippen LogP contribution in [-0.2, 0) is 9.53 Å². The van der Waals surface area contributed by atoms with Crippen molar-refractivity contribution in [1.82, 2.24) is 9.80 Å². The zero-order valence-electron chi connectivity index (χ0n) is 11.2. The molecule has 0 atom stereocenters. The SMILES string of the molecule is C#CCN(CC(=O)O)C(=O)N1CCC(COC)CC1. The van der Waals surface area contributed by atoms with Crippen LogP contribution in [0, 0.1) is 18.3 Å². The monoisotopic (exact) mass is 268 g/mol. The minimum absolute atomic E-state index is 0.0170. The standard InChI is InChI=1S/C13H20N2O4/c1-3-6-15(9-12(16)17)13(18)14-7-4-11(5-8-14)10-19-2/h1,11H,4-10H2,2H3,(H,16,17). The molecule has 1 rings (SSSR count). The van der Waals surface area contributed by atoms with Crippen molar-refractivity contribution in [2.24, 2.45) is 5.92 Å². The number of carbonyl (C=O) groups is 2. The van der Waals surface area contributed by atoms with Gasteiger partial charge in [-0.15, -0.1) is 6.42 Å². The van der Waals surface area contributed by atoms with E-state index in [1.165, 1.54) is 4.90 Å². The molecule has 0 aromatic carbocycles. The van der Waals surface area contributed by atoms with E-state index in [-0.39, 0.29) is 19.1 Å². The first kappa shape index (κ1) is 15.3. The summed E-state index contributed by atoms with van der Waals surface area (Å²) in [4.78, 5) is 25.7. The van der Waals surface area contributed by atoms with Gasteiger partial charge in [0.25, 0.3) is 0 Å². The molecule has 1 fully saturated rings. The van der Waals surface area contributed by atoms with Crippen LogP contribution in [0.5, 0.6) is 0 Å². The van der Waals surface area contributed by atoms with Gasteiger partial charge in [-0.25, -0.2) is 4.79 Å². The predicted octanol–water partition coefficient (Wildman–Crippen LogP) is 0.485. The summed E-state index contributed by atoms with van der Waals surface area (Å²) in [5, 5.41) is 8.77. The number of ether oxygens (including phenoxy) is 1. The van der Waals surface area contributed by atoms with E-state index in [1.54, 1.807) is 12.0 Å². The summed E-state index contributed by atoms with van der Waals surface area (Å²) in [5.74, 6) is 1.73. The molecule has 0 radical (unpaired) electrons. The fraction of sp³-hybridized carbons (Fsp3) is 0.692. The third-order valence-corrected chi connectivity index (χ3v) is 3.17. The van der Waals surface area contributed by atoms with Crippen molar-refractivity contribution >= 4 is 12.0 Å². The average molecular weight is 268 g/mol. The number of rotatable bonds is 5. The minimum Gasteiger partial charge on any atom is -0.480 e. The van der Waals surface area contributed by atoms with Crippen LogP contribution in [0.4, 0.5) is 4.79 Å². The molecule has 2 amide bonds. The summed E-state index contributed by atoms with van der Waals surface area (Å²) in [6.07, 6.45) is 6.91. The Bertz CT molecular complexity index is 356. The molecule has 0 aromatic rings. The Labute approximate surface area is 113 Å². The summed E-state index contributed by atoms with van der Waals surface area (Å²) < 4.78 is 5.10. The first-order valence-corrected chi connectivity index (χ1v) is 6.26. The third kappa shape index (κ3) is 4.79. The number of nitrogens with zero attached hydrogens (tertiary/aromatic N) is 2. The number of carboxylic acids is 1. The fourth-order valence-electron chi connectivity index (χ4n) is 2.19. The van der Waals surface area contributed by atoms with Crippen molar-refractivity contribution in [3.63, 3.8) is 0 Å². The first-order chi connectivity index (χ1) is 9.08. The molecule has 19 heavy (non-hydrogen) atoms. The van der Waals surface area contributed by atoms with E-state index in [2.05, 4.69) is 5.92 Å². The van der Waals surface area contributed by atoms with Crippen molar-refractivity contribution in [1.29, 1.82) is 0 Å². The zero-order valence-corrected chi connectivity index (χ0v) is 11.2. The number of methoxy groups -OCH3 is 1. The number of hydrogen-bond acceptors (Lipinski definition) is 3. The van der Waals surface area contributed by atoms with Gasteiger partial charge >= 0.3 is 12.0 Å². The molecule has 0 saturated carbocycles. The number of likely N-dealkylation sites (tertiary alicyclic amines) is 1. The average Bonchev–Trinajstić information content (AvgIpc) is 2.38. The normalized spacial score (nSPS) is 15.9. The van der Waals surface area contributed by atoms with Crippen LogP contribution in [-0.4, -0.2) is 66.8 Å². The van der Waals surface area contributed by atoms with E-state index in [0.29, 0.717) is 25.6 Å². The van der Waals surface area contributed by atoms with Gasteiger partial charge in [0.2, 0.25) is 0 Å². The summed E-state index contributed by atoms with van der Waals surface area (Å²) in [6, 6.07) is -0.295. The van der Waals surface area contributed by atoms with Crippen LogP contribution < -0.4 is 0 Å². The molecular formula is C13H20N2O4. The Morgan fingerprint density at radius 3 is 2.58 bits per heavy atom. The minimum atomic E-state index is -1.06. The molecule has 1 N–H and O–H groups in total. The molecule has 0 spiro atoms. The molecule has 106 valence electrons. The van der Waals surface area contributed by atoms with Gasteiger partial charge in [0, 0.05) is 26.8 Å². The molecule has 0 unspecified atom stereocenters. The lowest BCUT2D eigenvalue weighted by atomic mass is 9.98. The number of terminal acetylenes is 1. The second-order valence-corrected chi connectivity index (χ2v) is 4.62. The van der Waals surface area contributed by atoms with E-state index in [4.69, 9.17) is 16.3 Å². The second kappa shape index (κ2) is 7.64. The Hall–Kier alpha value is -1.74. The van der Waals surface area contributed by atoms with Gasteiger partial charge in [-0.3, -0.25) is 4.79 Å². The largest absolute Gasteiger partial charge is 0.480 e. The summed E-state index contributed by atoms with van der Waals surface area (Å²) in [5.41, 5.74) is 0. The maximum atomic E-state index is 12.1. The highest BCUT2D eigenvalue weighted by atomic mass is 16.5. The van der Waals surface area contributed by atoms with Crippen molar-refractivity contribution in [3.8, 4) is 12.3 Å². The number of hydrogen-bond donors (Lipinski definition) is 1. The van der Waals surface area contributed by atoms with Crippen molar-refractivity contribution in [2.75, 3.05) is 39.9 Å². The van der Waals surface area contributed by atoms with Crippen LogP contribution in [0.15, 0.2) is 0 Å². The molecule has 1 aliphatic heterocycles. The van der Waals surface area contributed by atoms with Crippen LogP contribution in [0.25, 0.3) is 0 Å². The molecular weight excluding hydrogens is 248 g/mol. The highest BCUT2D eigenvalue weighted by molar-refractivity contribution is 5.80. The molecule has 1 aliphatic rings. The van der Waals surface area contributed by atoms with Gasteiger partial charge in [0.05, 0.1) is 6.54 Å². The van der Waals surface area contributed by atoms with Crippen molar-refractivity contribution < 1.29 is 19.4 Å². The van der Waals surface area contributed by atoms with Crippen molar-refractivity contribution in [2.45, 2.75) is 12.8 Å². The van der Waals surface area contributed by atoms with E-state index in [0.717, 1.165) is 12.8 Å². The van der Waals surface area contributed by atoms with E-state index in [9.17, 15) is 9.59 Å². The number of urea groups is 1. The number of piperidine rings is 1. The number of aliphatic carboxylic acids is 1. The van der Waals surface area contributed by atoms with E-state index < -0.39 is 5.97 Å². The maximum absolute atomic E-state index is 12.1. The lowest BCUT2D eigenvalue weighted by molar-refractivity contribution is -0.137. The van der Waals surface area contributed by atoms with Crippen LogP contribution in [0.2, 0.25) is 0 Å². The molecule has 6 nitrogen and oxygen atoms in total. The smallest absolute Gasteiger partial charge is 0.323 e. The maximum Gasteiger partial charge on any atom is 0.323 e. The molecule has 0 aliphatic carbocycles. The molecule has 1 saturated heterocycles. The van der Waals surface area contributed by atoms with Gasteiger partial charge < -0.3 is 19.6 Å².